The fourth-order valence-corrected chi connectivity index (χ4v) is 2.48. The van der Waals surface area contributed by atoms with E-state index in [-0.39, 0.29) is 12.5 Å². The first kappa shape index (κ1) is 14.6. The lowest BCUT2D eigenvalue weighted by molar-refractivity contribution is -0.125. The molecule has 112 valence electrons. The van der Waals surface area contributed by atoms with Crippen LogP contribution in [-0.2, 0) is 11.3 Å². The smallest absolute Gasteiger partial charge is 0.250 e. The molecule has 22 heavy (non-hydrogen) atoms. The largest absolute Gasteiger partial charge is 0.497 e. The first-order chi connectivity index (χ1) is 10.7. The van der Waals surface area contributed by atoms with Crippen LogP contribution in [0.5, 0.6) is 5.75 Å². The van der Waals surface area contributed by atoms with Gasteiger partial charge in [0.1, 0.15) is 18.1 Å². The highest BCUT2D eigenvalue weighted by Crippen LogP contribution is 2.19. The Bertz CT molecular complexity index is 708. The van der Waals surface area contributed by atoms with Crippen molar-refractivity contribution in [1.82, 2.24) is 4.90 Å². The maximum Gasteiger partial charge on any atom is 0.250 e. The lowest BCUT2D eigenvalue weighted by atomic mass is 10.1. The van der Waals surface area contributed by atoms with Crippen molar-refractivity contribution in [2.45, 2.75) is 6.54 Å². The minimum atomic E-state index is 0.000711. The summed E-state index contributed by atoms with van der Waals surface area (Å²) in [7, 11) is 1.63. The summed E-state index contributed by atoms with van der Waals surface area (Å²) in [6, 6.07) is 15.0. The van der Waals surface area contributed by atoms with Crippen molar-refractivity contribution in [2.24, 2.45) is 4.99 Å². The summed E-state index contributed by atoms with van der Waals surface area (Å²) >= 11 is 5.91. The molecule has 0 aromatic heterocycles. The zero-order valence-electron chi connectivity index (χ0n) is 12.1. The third kappa shape index (κ3) is 2.97. The predicted molar refractivity (Wildman–Crippen MR) is 86.4 cm³/mol. The molecule has 0 bridgehead atoms. The van der Waals surface area contributed by atoms with Crippen LogP contribution in [0.3, 0.4) is 0 Å². The number of aliphatic imine (C=N–C) groups is 1. The van der Waals surface area contributed by atoms with E-state index in [0.717, 1.165) is 16.9 Å². The number of rotatable bonds is 4. The first-order valence-electron chi connectivity index (χ1n) is 6.91. The van der Waals surface area contributed by atoms with Gasteiger partial charge in [0, 0.05) is 10.6 Å². The quantitative estimate of drug-likeness (QED) is 0.870. The number of amidine groups is 1. The molecule has 0 spiro atoms. The normalized spacial score (nSPS) is 14.2. The fraction of sp³-hybridized carbons (Fsp3) is 0.176. The fourth-order valence-electron chi connectivity index (χ4n) is 2.35. The average molecular weight is 315 g/mol. The number of amides is 1. The van der Waals surface area contributed by atoms with Gasteiger partial charge in [-0.15, -0.1) is 0 Å². The molecule has 0 atom stereocenters. The second-order valence-electron chi connectivity index (χ2n) is 4.97. The highest BCUT2D eigenvalue weighted by molar-refractivity contribution is 6.30. The topological polar surface area (TPSA) is 41.9 Å². The Morgan fingerprint density at radius 2 is 1.82 bits per heavy atom. The van der Waals surface area contributed by atoms with E-state index in [1.165, 1.54) is 0 Å². The molecule has 0 saturated heterocycles. The molecular formula is C17H15ClN2O2. The molecule has 5 heteroatoms. The Kier molecular flexibility index (Phi) is 4.11. The van der Waals surface area contributed by atoms with Crippen LogP contribution in [0.25, 0.3) is 0 Å². The Morgan fingerprint density at radius 3 is 2.45 bits per heavy atom. The zero-order chi connectivity index (χ0) is 15.5. The molecular weight excluding hydrogens is 300 g/mol. The number of hydrogen-bond donors (Lipinski definition) is 0. The number of methoxy groups -OCH3 is 1. The molecule has 2 aromatic carbocycles. The maximum absolute atomic E-state index is 12.1. The Morgan fingerprint density at radius 1 is 1.14 bits per heavy atom. The highest BCUT2D eigenvalue weighted by Gasteiger charge is 2.26. The molecule has 0 aliphatic carbocycles. The van der Waals surface area contributed by atoms with Gasteiger partial charge in [-0.2, -0.15) is 0 Å². The first-order valence-corrected chi connectivity index (χ1v) is 7.29. The zero-order valence-corrected chi connectivity index (χ0v) is 12.9. The molecule has 1 amide bonds. The Labute approximate surface area is 134 Å². The molecule has 0 unspecified atom stereocenters. The Balaban J connectivity index is 1.82. The van der Waals surface area contributed by atoms with E-state index in [9.17, 15) is 4.79 Å². The Hall–Kier alpha value is -2.33. The number of nitrogens with zero attached hydrogens (tertiary/aromatic N) is 2. The monoisotopic (exact) mass is 314 g/mol. The van der Waals surface area contributed by atoms with Gasteiger partial charge < -0.3 is 4.74 Å². The van der Waals surface area contributed by atoms with E-state index in [1.807, 2.05) is 36.4 Å². The summed E-state index contributed by atoms with van der Waals surface area (Å²) in [6.07, 6.45) is 0. The number of ether oxygens (including phenoxy) is 1. The minimum Gasteiger partial charge on any atom is -0.497 e. The van der Waals surface area contributed by atoms with Gasteiger partial charge in [-0.25, -0.2) is 0 Å². The second-order valence-corrected chi connectivity index (χ2v) is 5.41. The lowest BCUT2D eigenvalue weighted by Crippen LogP contribution is -2.32. The maximum atomic E-state index is 12.1. The van der Waals surface area contributed by atoms with Crippen molar-refractivity contribution in [1.29, 1.82) is 0 Å². The highest BCUT2D eigenvalue weighted by atomic mass is 35.5. The molecule has 1 aliphatic rings. The van der Waals surface area contributed by atoms with Crippen molar-refractivity contribution in [3.05, 3.63) is 64.7 Å². The van der Waals surface area contributed by atoms with Gasteiger partial charge >= 0.3 is 0 Å². The predicted octanol–water partition coefficient (Wildman–Crippen LogP) is 3.14. The van der Waals surface area contributed by atoms with Crippen molar-refractivity contribution < 1.29 is 9.53 Å². The summed E-state index contributed by atoms with van der Waals surface area (Å²) in [6.45, 7) is 0.679. The van der Waals surface area contributed by atoms with Crippen molar-refractivity contribution in [3.63, 3.8) is 0 Å². The van der Waals surface area contributed by atoms with Crippen LogP contribution in [0.2, 0.25) is 5.02 Å². The summed E-state index contributed by atoms with van der Waals surface area (Å²) in [4.78, 5) is 18.2. The van der Waals surface area contributed by atoms with Crippen LogP contribution < -0.4 is 4.74 Å². The molecule has 3 rings (SSSR count). The third-order valence-corrected chi connectivity index (χ3v) is 3.77. The summed E-state index contributed by atoms with van der Waals surface area (Å²) < 4.78 is 5.15. The van der Waals surface area contributed by atoms with Gasteiger partial charge in [0.2, 0.25) is 5.91 Å². The van der Waals surface area contributed by atoms with E-state index in [1.54, 1.807) is 24.1 Å². The van der Waals surface area contributed by atoms with Gasteiger partial charge in [-0.3, -0.25) is 14.7 Å². The lowest BCUT2D eigenvalue weighted by Gasteiger charge is -2.19. The van der Waals surface area contributed by atoms with Gasteiger partial charge in [0.05, 0.1) is 13.7 Å². The number of hydrogen-bond acceptors (Lipinski definition) is 3. The summed E-state index contributed by atoms with van der Waals surface area (Å²) in [5, 5.41) is 0.662. The number of carbonyl (C=O) groups excluding carboxylic acids is 1. The minimum absolute atomic E-state index is 0.000711. The molecule has 0 N–H and O–H groups in total. The molecule has 2 aromatic rings. The van der Waals surface area contributed by atoms with Crippen LogP contribution in [-0.4, -0.2) is 30.3 Å². The van der Waals surface area contributed by atoms with E-state index in [2.05, 4.69) is 4.99 Å². The van der Waals surface area contributed by atoms with E-state index in [4.69, 9.17) is 16.3 Å². The third-order valence-electron chi connectivity index (χ3n) is 3.52. The number of carbonyl (C=O) groups is 1. The van der Waals surface area contributed by atoms with Crippen molar-refractivity contribution in [2.75, 3.05) is 13.7 Å². The molecule has 0 fully saturated rings. The van der Waals surface area contributed by atoms with Crippen LogP contribution in [0, 0.1) is 0 Å². The van der Waals surface area contributed by atoms with E-state index in [0.29, 0.717) is 17.4 Å². The molecule has 1 aliphatic heterocycles. The molecule has 0 radical (unpaired) electrons. The van der Waals surface area contributed by atoms with Gasteiger partial charge in [-0.1, -0.05) is 23.7 Å². The van der Waals surface area contributed by atoms with Crippen molar-refractivity contribution in [3.8, 4) is 5.75 Å². The van der Waals surface area contributed by atoms with Crippen LogP contribution >= 0.6 is 11.6 Å². The summed E-state index contributed by atoms with van der Waals surface area (Å²) in [5.41, 5.74) is 1.92. The molecule has 1 heterocycles. The van der Waals surface area contributed by atoms with E-state index >= 15 is 0 Å². The number of benzene rings is 2. The van der Waals surface area contributed by atoms with E-state index < -0.39 is 0 Å². The van der Waals surface area contributed by atoms with Gasteiger partial charge in [-0.05, 0) is 42.0 Å². The second kappa shape index (κ2) is 6.20. The SMILES string of the molecule is COc1ccc(CN2C(=O)CN=C2c2ccc(Cl)cc2)cc1. The molecule has 0 saturated carbocycles. The summed E-state index contributed by atoms with van der Waals surface area (Å²) in [5.74, 6) is 1.49. The van der Waals surface area contributed by atoms with Crippen molar-refractivity contribution >= 4 is 23.3 Å². The van der Waals surface area contributed by atoms with Gasteiger partial charge in [0.25, 0.3) is 0 Å². The van der Waals surface area contributed by atoms with Crippen LogP contribution in [0.1, 0.15) is 11.1 Å². The average Bonchev–Trinajstić information content (AvgIpc) is 2.90. The number of halogens is 1. The standard InChI is InChI=1S/C17H15ClN2O2/c1-22-15-8-2-12(3-9-15)11-20-16(21)10-19-17(20)13-4-6-14(18)7-5-13/h2-9H,10-11H2,1H3. The van der Waals surface area contributed by atoms with Crippen LogP contribution in [0.15, 0.2) is 53.5 Å². The van der Waals surface area contributed by atoms with Gasteiger partial charge in [0.15, 0.2) is 0 Å². The van der Waals surface area contributed by atoms with Crippen LogP contribution in [0.4, 0.5) is 0 Å². The molecule has 4 nitrogen and oxygen atoms in total.